The summed E-state index contributed by atoms with van der Waals surface area (Å²) in [5.41, 5.74) is 7.53. The van der Waals surface area contributed by atoms with E-state index in [0.717, 1.165) is 11.1 Å². The Balaban J connectivity index is 2.78. The van der Waals surface area contributed by atoms with Crippen molar-refractivity contribution in [3.05, 3.63) is 47.3 Å². The molecular weight excluding hydrogens is 221 g/mol. The molecule has 92 valence electrons. The first-order valence-electron chi connectivity index (χ1n) is 5.38. The molecule has 0 saturated carbocycles. The summed E-state index contributed by atoms with van der Waals surface area (Å²) in [6.07, 6.45) is 0.975. The van der Waals surface area contributed by atoms with Crippen molar-refractivity contribution in [2.75, 3.05) is 6.54 Å². The fourth-order valence-electron chi connectivity index (χ4n) is 1.48. The van der Waals surface area contributed by atoms with Crippen LogP contribution in [0.15, 0.2) is 36.2 Å². The molecule has 1 atom stereocenters. The van der Waals surface area contributed by atoms with Crippen LogP contribution in [0.3, 0.4) is 0 Å². The van der Waals surface area contributed by atoms with Gasteiger partial charge < -0.3 is 10.8 Å². The van der Waals surface area contributed by atoms with Crippen molar-refractivity contribution in [3.63, 3.8) is 0 Å². The van der Waals surface area contributed by atoms with Crippen LogP contribution in [0.4, 0.5) is 4.39 Å². The summed E-state index contributed by atoms with van der Waals surface area (Å²) >= 11 is 0. The molecule has 0 aliphatic carbocycles. The minimum absolute atomic E-state index is 0.184. The molecular formula is C13H16FNO2. The highest BCUT2D eigenvalue weighted by atomic mass is 19.1. The second-order valence-corrected chi connectivity index (χ2v) is 3.95. The molecule has 1 aromatic rings. The van der Waals surface area contributed by atoms with Crippen LogP contribution in [0.2, 0.25) is 0 Å². The normalized spacial score (nSPS) is 13.5. The van der Waals surface area contributed by atoms with Crippen molar-refractivity contribution in [1.29, 1.82) is 0 Å². The van der Waals surface area contributed by atoms with Gasteiger partial charge >= 0.3 is 5.97 Å². The van der Waals surface area contributed by atoms with Gasteiger partial charge in [-0.2, -0.15) is 0 Å². The van der Waals surface area contributed by atoms with E-state index >= 15 is 0 Å². The molecule has 3 N–H and O–H groups in total. The van der Waals surface area contributed by atoms with Crippen molar-refractivity contribution in [2.24, 2.45) is 5.73 Å². The Morgan fingerprint density at radius 2 is 2.06 bits per heavy atom. The lowest BCUT2D eigenvalue weighted by atomic mass is 9.98. The molecule has 0 bridgehead atoms. The number of benzene rings is 1. The average molecular weight is 237 g/mol. The second-order valence-electron chi connectivity index (χ2n) is 3.95. The Kier molecular flexibility index (Phi) is 4.84. The summed E-state index contributed by atoms with van der Waals surface area (Å²) in [6, 6.07) is 7.10. The third-order valence-corrected chi connectivity index (χ3v) is 2.70. The molecule has 0 aliphatic heterocycles. The van der Waals surface area contributed by atoms with E-state index in [4.69, 9.17) is 10.8 Å². The number of carboxylic acid groups (broad SMARTS) is 1. The van der Waals surface area contributed by atoms with E-state index in [-0.39, 0.29) is 6.54 Å². The van der Waals surface area contributed by atoms with Crippen molar-refractivity contribution in [1.82, 2.24) is 0 Å². The van der Waals surface area contributed by atoms with Crippen molar-refractivity contribution < 1.29 is 14.3 Å². The molecule has 1 aromatic carbocycles. The van der Waals surface area contributed by atoms with Crippen LogP contribution in [0.25, 0.3) is 0 Å². The fraction of sp³-hybridized carbons (Fsp3) is 0.308. The molecule has 4 heteroatoms. The first-order chi connectivity index (χ1) is 8.08. The van der Waals surface area contributed by atoms with E-state index in [2.05, 4.69) is 0 Å². The standard InChI is InChI=1S/C13H16FNO2/c1-9(13(16)17)12-4-2-10(3-5-12)6-11(7-14)8-15/h2-5,7,9H,6,8,15H2,1H3,(H,16,17)/b11-7-. The number of aliphatic carboxylic acids is 1. The average Bonchev–Trinajstić information content (AvgIpc) is 2.35. The number of carboxylic acids is 1. The maximum atomic E-state index is 12.3. The molecule has 1 unspecified atom stereocenters. The van der Waals surface area contributed by atoms with E-state index in [1.165, 1.54) is 0 Å². The third-order valence-electron chi connectivity index (χ3n) is 2.70. The van der Waals surface area contributed by atoms with Gasteiger partial charge in [0.1, 0.15) is 0 Å². The van der Waals surface area contributed by atoms with Crippen LogP contribution >= 0.6 is 0 Å². The highest BCUT2D eigenvalue weighted by Crippen LogP contribution is 2.17. The van der Waals surface area contributed by atoms with Gasteiger partial charge in [-0.05, 0) is 30.0 Å². The Morgan fingerprint density at radius 1 is 1.47 bits per heavy atom. The van der Waals surface area contributed by atoms with Crippen LogP contribution in [0, 0.1) is 0 Å². The first-order valence-corrected chi connectivity index (χ1v) is 5.38. The minimum atomic E-state index is -0.857. The zero-order valence-corrected chi connectivity index (χ0v) is 9.69. The Hall–Kier alpha value is -1.68. The van der Waals surface area contributed by atoms with Crippen molar-refractivity contribution >= 4 is 5.97 Å². The molecule has 0 heterocycles. The van der Waals surface area contributed by atoms with E-state index in [9.17, 15) is 9.18 Å². The molecule has 0 radical (unpaired) electrons. The number of carbonyl (C=O) groups is 1. The van der Waals surface area contributed by atoms with Crippen LogP contribution in [0.1, 0.15) is 24.0 Å². The third kappa shape index (κ3) is 3.67. The van der Waals surface area contributed by atoms with Gasteiger partial charge in [-0.1, -0.05) is 24.3 Å². The summed E-state index contributed by atoms with van der Waals surface area (Å²) in [4.78, 5) is 10.8. The van der Waals surface area contributed by atoms with Crippen LogP contribution in [-0.2, 0) is 11.2 Å². The predicted molar refractivity (Wildman–Crippen MR) is 64.4 cm³/mol. The Bertz CT molecular complexity index is 412. The summed E-state index contributed by atoms with van der Waals surface area (Å²) in [6.45, 7) is 1.81. The maximum absolute atomic E-state index is 12.3. The van der Waals surface area contributed by atoms with E-state index in [1.807, 2.05) is 0 Å². The summed E-state index contributed by atoms with van der Waals surface area (Å²) < 4.78 is 12.3. The Labute approximate surface area is 99.8 Å². The molecule has 0 spiro atoms. The van der Waals surface area contributed by atoms with E-state index in [1.54, 1.807) is 31.2 Å². The lowest BCUT2D eigenvalue weighted by Gasteiger charge is -2.08. The van der Waals surface area contributed by atoms with Gasteiger partial charge in [-0.25, -0.2) is 4.39 Å². The number of hydrogen-bond donors (Lipinski definition) is 2. The summed E-state index contributed by atoms with van der Waals surface area (Å²) in [7, 11) is 0. The van der Waals surface area contributed by atoms with Crippen molar-refractivity contribution in [3.8, 4) is 0 Å². The zero-order valence-electron chi connectivity index (χ0n) is 9.69. The molecule has 0 fully saturated rings. The fourth-order valence-corrected chi connectivity index (χ4v) is 1.48. The zero-order chi connectivity index (χ0) is 12.8. The van der Waals surface area contributed by atoms with Crippen LogP contribution < -0.4 is 5.73 Å². The number of halogens is 1. The molecule has 0 saturated heterocycles. The number of nitrogens with two attached hydrogens (primary N) is 1. The molecule has 17 heavy (non-hydrogen) atoms. The molecule has 0 amide bonds. The summed E-state index contributed by atoms with van der Waals surface area (Å²) in [5, 5.41) is 8.85. The Morgan fingerprint density at radius 3 is 2.47 bits per heavy atom. The van der Waals surface area contributed by atoms with Crippen molar-refractivity contribution in [2.45, 2.75) is 19.3 Å². The van der Waals surface area contributed by atoms with Gasteiger partial charge in [0.05, 0.1) is 12.2 Å². The quantitative estimate of drug-likeness (QED) is 0.825. The molecule has 1 rings (SSSR count). The number of rotatable bonds is 5. The van der Waals surface area contributed by atoms with Crippen LogP contribution in [0.5, 0.6) is 0 Å². The SMILES string of the molecule is CC(C(=O)O)c1ccc(C/C(=C/F)CN)cc1. The predicted octanol–water partition coefficient (Wildman–Crippen LogP) is 2.23. The van der Waals surface area contributed by atoms with Gasteiger partial charge in [0.15, 0.2) is 0 Å². The van der Waals surface area contributed by atoms with E-state index in [0.29, 0.717) is 18.3 Å². The van der Waals surface area contributed by atoms with Crippen LogP contribution in [-0.4, -0.2) is 17.6 Å². The highest BCUT2D eigenvalue weighted by molar-refractivity contribution is 5.75. The minimum Gasteiger partial charge on any atom is -0.481 e. The van der Waals surface area contributed by atoms with Gasteiger partial charge in [0, 0.05) is 6.54 Å². The van der Waals surface area contributed by atoms with Gasteiger partial charge in [0.2, 0.25) is 0 Å². The molecule has 0 aliphatic rings. The second kappa shape index (κ2) is 6.15. The van der Waals surface area contributed by atoms with Gasteiger partial charge in [-0.3, -0.25) is 4.79 Å². The maximum Gasteiger partial charge on any atom is 0.310 e. The first kappa shape index (κ1) is 13.4. The smallest absolute Gasteiger partial charge is 0.310 e. The summed E-state index contributed by atoms with van der Waals surface area (Å²) in [5.74, 6) is -1.39. The largest absolute Gasteiger partial charge is 0.481 e. The van der Waals surface area contributed by atoms with Gasteiger partial charge in [0.25, 0.3) is 0 Å². The van der Waals surface area contributed by atoms with Gasteiger partial charge in [-0.15, -0.1) is 0 Å². The highest BCUT2D eigenvalue weighted by Gasteiger charge is 2.12. The lowest BCUT2D eigenvalue weighted by Crippen LogP contribution is -2.08. The monoisotopic (exact) mass is 237 g/mol. The topological polar surface area (TPSA) is 63.3 Å². The van der Waals surface area contributed by atoms with E-state index < -0.39 is 11.9 Å². The molecule has 0 aromatic heterocycles. The molecule has 3 nitrogen and oxygen atoms in total. The lowest BCUT2D eigenvalue weighted by molar-refractivity contribution is -0.138. The number of hydrogen-bond acceptors (Lipinski definition) is 2.